The van der Waals surface area contributed by atoms with Crippen LogP contribution in [0.5, 0.6) is 0 Å². The molecule has 2 N–H and O–H groups in total. The first kappa shape index (κ1) is 13.8. The average Bonchev–Trinajstić information content (AvgIpc) is 2.88. The van der Waals surface area contributed by atoms with Crippen molar-refractivity contribution >= 4 is 5.91 Å². The van der Waals surface area contributed by atoms with E-state index in [-0.39, 0.29) is 19.1 Å². The lowest BCUT2D eigenvalue weighted by atomic mass is 10.1. The number of rotatable bonds is 3. The fourth-order valence-corrected chi connectivity index (χ4v) is 1.55. The Kier molecular flexibility index (Phi) is 4.47. The lowest BCUT2D eigenvalue weighted by molar-refractivity contribution is 0.0946. The van der Waals surface area contributed by atoms with Gasteiger partial charge in [0.25, 0.3) is 5.91 Å². The van der Waals surface area contributed by atoms with Crippen molar-refractivity contribution < 1.29 is 14.4 Å². The second kappa shape index (κ2) is 6.50. The van der Waals surface area contributed by atoms with Crippen molar-refractivity contribution in [3.05, 3.63) is 47.1 Å². The van der Waals surface area contributed by atoms with Crippen LogP contribution in [0.3, 0.4) is 0 Å². The lowest BCUT2D eigenvalue weighted by Crippen LogP contribution is -2.23. The molecule has 6 heteroatoms. The van der Waals surface area contributed by atoms with Gasteiger partial charge >= 0.3 is 0 Å². The van der Waals surface area contributed by atoms with Gasteiger partial charge in [0.05, 0.1) is 6.54 Å². The van der Waals surface area contributed by atoms with Crippen LogP contribution in [0.15, 0.2) is 28.8 Å². The second-order valence-corrected chi connectivity index (χ2v) is 3.96. The third-order valence-corrected chi connectivity index (χ3v) is 2.41. The van der Waals surface area contributed by atoms with Crippen LogP contribution in [0.2, 0.25) is 0 Å². The van der Waals surface area contributed by atoms with E-state index in [1.165, 1.54) is 0 Å². The summed E-state index contributed by atoms with van der Waals surface area (Å²) in [5, 5.41) is 15.0. The van der Waals surface area contributed by atoms with Crippen molar-refractivity contribution in [2.45, 2.75) is 13.5 Å². The molecule has 1 aromatic heterocycles. The highest BCUT2D eigenvalue weighted by atomic mass is 16.5. The number of hydrogen-bond donors (Lipinski definition) is 2. The molecule has 1 amide bonds. The molecule has 1 aromatic carbocycles. The summed E-state index contributed by atoms with van der Waals surface area (Å²) >= 11 is 0. The minimum atomic E-state index is -0.256. The van der Waals surface area contributed by atoms with Crippen LogP contribution in [-0.4, -0.2) is 27.8 Å². The average molecular weight is 271 g/mol. The number of carbonyl (C=O) groups is 1. The molecule has 102 valence electrons. The largest absolute Gasteiger partial charge is 0.384 e. The highest BCUT2D eigenvalue weighted by Crippen LogP contribution is 2.05. The van der Waals surface area contributed by atoms with Crippen molar-refractivity contribution in [3.63, 3.8) is 0 Å². The normalized spacial score (nSPS) is 9.70. The first-order chi connectivity index (χ1) is 9.69. The third kappa shape index (κ3) is 3.67. The Morgan fingerprint density at radius 1 is 1.50 bits per heavy atom. The Labute approximate surface area is 115 Å². The Bertz CT molecular complexity index is 668. The third-order valence-electron chi connectivity index (χ3n) is 2.41. The van der Waals surface area contributed by atoms with Gasteiger partial charge in [-0.2, -0.15) is 4.98 Å². The summed E-state index contributed by atoms with van der Waals surface area (Å²) < 4.78 is 4.90. The molecule has 0 saturated carbocycles. The number of aromatic nitrogens is 2. The van der Waals surface area contributed by atoms with Crippen LogP contribution in [0.25, 0.3) is 0 Å². The number of carbonyl (C=O) groups excluding carboxylic acids is 1. The maximum Gasteiger partial charge on any atom is 0.251 e. The SMILES string of the molecule is Cc1noc(CNC(=O)c2cccc(C#CCO)c2)n1. The predicted octanol–water partition coefficient (Wildman–Crippen LogP) is 0.652. The summed E-state index contributed by atoms with van der Waals surface area (Å²) in [6, 6.07) is 6.82. The van der Waals surface area contributed by atoms with Crippen molar-refractivity contribution in [1.29, 1.82) is 0 Å². The fraction of sp³-hybridized carbons (Fsp3) is 0.214. The number of aliphatic hydroxyl groups excluding tert-OH is 1. The number of aliphatic hydroxyl groups is 1. The smallest absolute Gasteiger partial charge is 0.251 e. The quantitative estimate of drug-likeness (QED) is 0.800. The minimum absolute atomic E-state index is 0.173. The Morgan fingerprint density at radius 3 is 3.05 bits per heavy atom. The molecule has 0 atom stereocenters. The Balaban J connectivity index is 2.01. The lowest BCUT2D eigenvalue weighted by Gasteiger charge is -2.02. The molecule has 0 spiro atoms. The molecule has 0 radical (unpaired) electrons. The first-order valence-electron chi connectivity index (χ1n) is 5.96. The van der Waals surface area contributed by atoms with Crippen LogP contribution in [0, 0.1) is 18.8 Å². The monoisotopic (exact) mass is 271 g/mol. The van der Waals surface area contributed by atoms with Crippen molar-refractivity contribution in [1.82, 2.24) is 15.5 Å². The Morgan fingerprint density at radius 2 is 2.35 bits per heavy atom. The van der Waals surface area contributed by atoms with Gasteiger partial charge in [-0.25, -0.2) is 0 Å². The number of benzene rings is 1. The van der Waals surface area contributed by atoms with E-state index < -0.39 is 0 Å². The predicted molar refractivity (Wildman–Crippen MR) is 70.6 cm³/mol. The molecule has 6 nitrogen and oxygen atoms in total. The topological polar surface area (TPSA) is 88.2 Å². The van der Waals surface area contributed by atoms with Gasteiger partial charge in [-0.05, 0) is 25.1 Å². The fourth-order valence-electron chi connectivity index (χ4n) is 1.55. The van der Waals surface area contributed by atoms with Gasteiger partial charge in [0.2, 0.25) is 5.89 Å². The molecule has 2 rings (SSSR count). The number of hydrogen-bond acceptors (Lipinski definition) is 5. The van der Waals surface area contributed by atoms with Crippen LogP contribution in [-0.2, 0) is 6.54 Å². The van der Waals surface area contributed by atoms with Gasteiger partial charge in [0.1, 0.15) is 6.61 Å². The van der Waals surface area contributed by atoms with Crippen LogP contribution < -0.4 is 5.32 Å². The minimum Gasteiger partial charge on any atom is -0.384 e. The summed E-state index contributed by atoms with van der Waals surface area (Å²) in [6.45, 7) is 1.66. The van der Waals surface area contributed by atoms with Gasteiger partial charge in [0, 0.05) is 11.1 Å². The van der Waals surface area contributed by atoms with E-state index in [0.29, 0.717) is 22.8 Å². The van der Waals surface area contributed by atoms with E-state index in [1.54, 1.807) is 31.2 Å². The molecular formula is C14H13N3O3. The van der Waals surface area contributed by atoms with Gasteiger partial charge in [-0.1, -0.05) is 23.1 Å². The van der Waals surface area contributed by atoms with Gasteiger partial charge in [-0.15, -0.1) is 0 Å². The molecule has 0 aliphatic rings. The number of nitrogens with zero attached hydrogens (tertiary/aromatic N) is 2. The van der Waals surface area contributed by atoms with Crippen LogP contribution >= 0.6 is 0 Å². The second-order valence-electron chi connectivity index (χ2n) is 3.96. The van der Waals surface area contributed by atoms with Crippen molar-refractivity contribution in [2.75, 3.05) is 6.61 Å². The van der Waals surface area contributed by atoms with Gasteiger partial charge < -0.3 is 14.9 Å². The molecule has 0 aliphatic heterocycles. The Hall–Kier alpha value is -2.65. The first-order valence-corrected chi connectivity index (χ1v) is 5.96. The molecule has 0 unspecified atom stereocenters. The highest BCUT2D eigenvalue weighted by Gasteiger charge is 2.08. The van der Waals surface area contributed by atoms with E-state index in [9.17, 15) is 4.79 Å². The summed E-state index contributed by atoms with van der Waals surface area (Å²) in [6.07, 6.45) is 0. The van der Waals surface area contributed by atoms with Gasteiger partial charge in [-0.3, -0.25) is 4.79 Å². The molecular weight excluding hydrogens is 258 g/mol. The molecule has 20 heavy (non-hydrogen) atoms. The zero-order chi connectivity index (χ0) is 14.4. The van der Waals surface area contributed by atoms with Crippen LogP contribution in [0.1, 0.15) is 27.6 Å². The summed E-state index contributed by atoms with van der Waals surface area (Å²) in [4.78, 5) is 15.9. The van der Waals surface area contributed by atoms with Crippen molar-refractivity contribution in [3.8, 4) is 11.8 Å². The summed E-state index contributed by atoms with van der Waals surface area (Å²) in [5.74, 6) is 5.90. The molecule has 0 aliphatic carbocycles. The molecule has 2 aromatic rings. The maximum atomic E-state index is 12.0. The van der Waals surface area contributed by atoms with E-state index in [2.05, 4.69) is 27.3 Å². The van der Waals surface area contributed by atoms with E-state index in [1.807, 2.05) is 0 Å². The van der Waals surface area contributed by atoms with Crippen molar-refractivity contribution in [2.24, 2.45) is 0 Å². The molecule has 0 bridgehead atoms. The number of aryl methyl sites for hydroxylation is 1. The van der Waals surface area contributed by atoms with E-state index in [4.69, 9.17) is 9.63 Å². The maximum absolute atomic E-state index is 12.0. The number of amides is 1. The van der Waals surface area contributed by atoms with E-state index >= 15 is 0 Å². The van der Waals surface area contributed by atoms with Gasteiger partial charge in [0.15, 0.2) is 5.82 Å². The molecule has 0 saturated heterocycles. The zero-order valence-corrected chi connectivity index (χ0v) is 10.9. The molecule has 0 fully saturated rings. The molecule has 1 heterocycles. The van der Waals surface area contributed by atoms with E-state index in [0.717, 1.165) is 0 Å². The number of nitrogens with one attached hydrogen (secondary N) is 1. The summed E-state index contributed by atoms with van der Waals surface area (Å²) in [7, 11) is 0. The highest BCUT2D eigenvalue weighted by molar-refractivity contribution is 5.94. The standard InChI is InChI=1S/C14H13N3O3/c1-10-16-13(20-17-10)9-15-14(19)12-6-2-4-11(8-12)5-3-7-18/h2,4,6,8,18H,7,9H2,1H3,(H,15,19). The zero-order valence-electron chi connectivity index (χ0n) is 10.9. The van der Waals surface area contributed by atoms with Crippen LogP contribution in [0.4, 0.5) is 0 Å². The summed E-state index contributed by atoms with van der Waals surface area (Å²) in [5.41, 5.74) is 1.14.